The van der Waals surface area contributed by atoms with Crippen LogP contribution in [0.3, 0.4) is 0 Å². The third-order valence-corrected chi connectivity index (χ3v) is 4.12. The Morgan fingerprint density at radius 1 is 1.57 bits per heavy atom. The second-order valence-corrected chi connectivity index (χ2v) is 6.06. The van der Waals surface area contributed by atoms with E-state index in [2.05, 4.69) is 31.4 Å². The fourth-order valence-electron chi connectivity index (χ4n) is 1.49. The van der Waals surface area contributed by atoms with Crippen molar-refractivity contribution in [3.05, 3.63) is 34.1 Å². The number of amides is 1. The predicted octanol–water partition coefficient (Wildman–Crippen LogP) is 1.98. The molecule has 1 unspecified atom stereocenters. The molecule has 0 saturated carbocycles. The zero-order valence-corrected chi connectivity index (χ0v) is 12.8. The molecule has 0 radical (unpaired) electrons. The number of carbonyl (C=O) groups is 2. The Kier molecular flexibility index (Phi) is 5.07. The van der Waals surface area contributed by atoms with E-state index < -0.39 is 17.1 Å². The van der Waals surface area contributed by atoms with Crippen LogP contribution in [0.4, 0.5) is 4.39 Å². The Morgan fingerprint density at radius 2 is 2.33 bits per heavy atom. The van der Waals surface area contributed by atoms with Gasteiger partial charge in [-0.25, -0.2) is 4.39 Å². The lowest BCUT2D eigenvalue weighted by atomic mass is 10.2. The van der Waals surface area contributed by atoms with Crippen LogP contribution in [0, 0.1) is 5.82 Å². The highest BCUT2D eigenvalue weighted by Gasteiger charge is 2.32. The molecule has 1 heterocycles. The molecule has 21 heavy (non-hydrogen) atoms. The van der Waals surface area contributed by atoms with E-state index in [1.54, 1.807) is 0 Å². The third kappa shape index (κ3) is 4.36. The van der Waals surface area contributed by atoms with Gasteiger partial charge in [-0.3, -0.25) is 9.59 Å². The molecular formula is C12H9BrFN3O3S. The van der Waals surface area contributed by atoms with E-state index in [0.29, 0.717) is 10.0 Å². The van der Waals surface area contributed by atoms with Crippen LogP contribution in [0.15, 0.2) is 32.9 Å². The van der Waals surface area contributed by atoms with Gasteiger partial charge in [0.2, 0.25) is 5.91 Å². The second-order valence-electron chi connectivity index (χ2n) is 4.02. The molecule has 1 aromatic carbocycles. The van der Waals surface area contributed by atoms with Gasteiger partial charge in [-0.1, -0.05) is 17.8 Å². The molecule has 1 aliphatic rings. The minimum absolute atomic E-state index is 0.240. The number of amidine groups is 1. The number of rotatable bonds is 4. The summed E-state index contributed by atoms with van der Waals surface area (Å²) in [6.07, 6.45) is 1.12. The van der Waals surface area contributed by atoms with Gasteiger partial charge in [-0.2, -0.15) is 5.10 Å². The number of benzene rings is 1. The Bertz CT molecular complexity index is 651. The van der Waals surface area contributed by atoms with Crippen molar-refractivity contribution in [2.75, 3.05) is 0 Å². The summed E-state index contributed by atoms with van der Waals surface area (Å²) >= 11 is 4.07. The Morgan fingerprint density at radius 3 is 3.00 bits per heavy atom. The number of thioether (sulfide) groups is 1. The molecule has 2 N–H and O–H groups in total. The first-order valence-corrected chi connectivity index (χ1v) is 7.38. The molecule has 0 aromatic heterocycles. The average molecular weight is 374 g/mol. The molecule has 0 spiro atoms. The topological polar surface area (TPSA) is 91.1 Å². The highest BCUT2D eigenvalue weighted by atomic mass is 79.9. The number of carboxylic acid groups (broad SMARTS) is 1. The van der Waals surface area contributed by atoms with E-state index in [-0.39, 0.29) is 17.4 Å². The molecule has 1 fully saturated rings. The van der Waals surface area contributed by atoms with Crippen LogP contribution < -0.4 is 5.32 Å². The smallest absolute Gasteiger partial charge is 0.305 e. The van der Waals surface area contributed by atoms with Crippen molar-refractivity contribution < 1.29 is 19.1 Å². The first-order valence-electron chi connectivity index (χ1n) is 5.71. The van der Waals surface area contributed by atoms with Crippen molar-refractivity contribution in [1.29, 1.82) is 0 Å². The first kappa shape index (κ1) is 15.6. The SMILES string of the molecule is O=C(O)CC1SC(=NN=Cc2ccc(F)c(Br)c2)NC1=O. The van der Waals surface area contributed by atoms with Crippen LogP contribution >= 0.6 is 27.7 Å². The maximum atomic E-state index is 13.0. The normalized spacial score (nSPS) is 20.2. The summed E-state index contributed by atoms with van der Waals surface area (Å²) in [4.78, 5) is 22.0. The zero-order chi connectivity index (χ0) is 15.4. The van der Waals surface area contributed by atoms with E-state index in [1.165, 1.54) is 24.4 Å². The maximum absolute atomic E-state index is 13.0. The monoisotopic (exact) mass is 373 g/mol. The lowest BCUT2D eigenvalue weighted by molar-refractivity contribution is -0.138. The van der Waals surface area contributed by atoms with Gasteiger partial charge >= 0.3 is 5.97 Å². The van der Waals surface area contributed by atoms with Crippen LogP contribution in [0.25, 0.3) is 0 Å². The molecule has 1 saturated heterocycles. The van der Waals surface area contributed by atoms with E-state index in [9.17, 15) is 14.0 Å². The maximum Gasteiger partial charge on any atom is 0.305 e. The van der Waals surface area contributed by atoms with Crippen molar-refractivity contribution in [3.63, 3.8) is 0 Å². The molecule has 0 bridgehead atoms. The minimum atomic E-state index is -1.05. The highest BCUT2D eigenvalue weighted by molar-refractivity contribution is 9.10. The lowest BCUT2D eigenvalue weighted by Crippen LogP contribution is -2.26. The summed E-state index contributed by atoms with van der Waals surface area (Å²) in [5, 5.41) is 18.2. The van der Waals surface area contributed by atoms with Crippen LogP contribution in [0.1, 0.15) is 12.0 Å². The van der Waals surface area contributed by atoms with Gasteiger partial charge in [-0.15, -0.1) is 5.10 Å². The van der Waals surface area contributed by atoms with Crippen LogP contribution in [0.2, 0.25) is 0 Å². The molecule has 1 atom stereocenters. The first-order chi connectivity index (χ1) is 9.95. The van der Waals surface area contributed by atoms with Crippen molar-refractivity contribution >= 4 is 51.0 Å². The Labute approximate surface area is 131 Å². The summed E-state index contributed by atoms with van der Waals surface area (Å²) in [6, 6.07) is 4.34. The number of nitrogens with one attached hydrogen (secondary N) is 1. The molecule has 0 aliphatic carbocycles. The number of halogens is 2. The van der Waals surface area contributed by atoms with E-state index in [1.807, 2.05) is 0 Å². The molecule has 9 heteroatoms. The Hall–Kier alpha value is -1.74. The molecule has 2 rings (SSSR count). The summed E-state index contributed by atoms with van der Waals surface area (Å²) in [7, 11) is 0. The van der Waals surface area contributed by atoms with Crippen LogP contribution in [0.5, 0.6) is 0 Å². The zero-order valence-electron chi connectivity index (χ0n) is 10.4. The number of carbonyl (C=O) groups excluding carboxylic acids is 1. The summed E-state index contributed by atoms with van der Waals surface area (Å²) in [5.74, 6) is -1.84. The minimum Gasteiger partial charge on any atom is -0.481 e. The molecular weight excluding hydrogens is 365 g/mol. The fourth-order valence-corrected chi connectivity index (χ4v) is 2.80. The van der Waals surface area contributed by atoms with Gasteiger partial charge < -0.3 is 10.4 Å². The lowest BCUT2D eigenvalue weighted by Gasteiger charge is -1.97. The van der Waals surface area contributed by atoms with Crippen molar-refractivity contribution in [1.82, 2.24) is 5.32 Å². The summed E-state index contributed by atoms with van der Waals surface area (Å²) < 4.78 is 13.3. The third-order valence-electron chi connectivity index (χ3n) is 2.44. The second kappa shape index (κ2) is 6.81. The molecule has 1 aromatic rings. The van der Waals surface area contributed by atoms with Gasteiger partial charge in [0.05, 0.1) is 17.1 Å². The highest BCUT2D eigenvalue weighted by Crippen LogP contribution is 2.22. The number of hydrogen-bond donors (Lipinski definition) is 2. The fraction of sp³-hybridized carbons (Fsp3) is 0.167. The van der Waals surface area contributed by atoms with Crippen LogP contribution in [-0.2, 0) is 9.59 Å². The summed E-state index contributed by atoms with van der Waals surface area (Å²) in [5.41, 5.74) is 0.629. The van der Waals surface area contributed by atoms with Gasteiger partial charge in [0.25, 0.3) is 0 Å². The van der Waals surface area contributed by atoms with E-state index in [4.69, 9.17) is 5.11 Å². The van der Waals surface area contributed by atoms with Crippen molar-refractivity contribution in [3.8, 4) is 0 Å². The van der Waals surface area contributed by atoms with Crippen LogP contribution in [-0.4, -0.2) is 33.6 Å². The number of aliphatic carboxylic acids is 1. The van der Waals surface area contributed by atoms with Gasteiger partial charge in [0.15, 0.2) is 5.17 Å². The molecule has 1 aliphatic heterocycles. The number of hydrogen-bond acceptors (Lipinski definition) is 5. The van der Waals surface area contributed by atoms with E-state index in [0.717, 1.165) is 11.8 Å². The standard InChI is InChI=1S/C12H9BrFN3O3S/c13-7-3-6(1-2-8(7)14)5-15-17-12-16-11(20)9(21-12)4-10(18)19/h1-3,5,9H,4H2,(H,18,19)(H,16,17,20). The van der Waals surface area contributed by atoms with Crippen molar-refractivity contribution in [2.45, 2.75) is 11.7 Å². The molecule has 6 nitrogen and oxygen atoms in total. The molecule has 110 valence electrons. The number of carboxylic acids is 1. The predicted molar refractivity (Wildman–Crippen MR) is 80.9 cm³/mol. The number of nitrogens with zero attached hydrogens (tertiary/aromatic N) is 2. The molecule has 1 amide bonds. The largest absolute Gasteiger partial charge is 0.481 e. The van der Waals surface area contributed by atoms with Gasteiger partial charge in [0, 0.05) is 0 Å². The Balaban J connectivity index is 2.01. The van der Waals surface area contributed by atoms with Gasteiger partial charge in [0.1, 0.15) is 11.1 Å². The van der Waals surface area contributed by atoms with E-state index >= 15 is 0 Å². The average Bonchev–Trinajstić information content (AvgIpc) is 2.73. The van der Waals surface area contributed by atoms with Crippen molar-refractivity contribution in [2.24, 2.45) is 10.2 Å². The summed E-state index contributed by atoms with van der Waals surface area (Å²) in [6.45, 7) is 0. The van der Waals surface area contributed by atoms with Gasteiger partial charge in [-0.05, 0) is 33.6 Å². The quantitative estimate of drug-likeness (QED) is 0.623.